The summed E-state index contributed by atoms with van der Waals surface area (Å²) in [6, 6.07) is 57.4. The third-order valence-corrected chi connectivity index (χ3v) is 11.4. The number of rotatable bonds is 3. The van der Waals surface area contributed by atoms with Gasteiger partial charge in [0.2, 0.25) is 0 Å². The van der Waals surface area contributed by atoms with E-state index in [2.05, 4.69) is 190 Å². The summed E-state index contributed by atoms with van der Waals surface area (Å²) in [6.07, 6.45) is 6.90. The van der Waals surface area contributed by atoms with Crippen molar-refractivity contribution in [1.29, 1.82) is 0 Å². The molecule has 0 N–H and O–H groups in total. The van der Waals surface area contributed by atoms with Crippen molar-refractivity contribution in [3.63, 3.8) is 0 Å². The van der Waals surface area contributed by atoms with Crippen LogP contribution in [0.1, 0.15) is 11.5 Å². The van der Waals surface area contributed by atoms with Gasteiger partial charge >= 0.3 is 0 Å². The van der Waals surface area contributed by atoms with Crippen molar-refractivity contribution in [3.8, 4) is 17.1 Å². The van der Waals surface area contributed by atoms with E-state index in [1.807, 2.05) is 0 Å². The van der Waals surface area contributed by atoms with Crippen LogP contribution in [0, 0.1) is 0 Å². The number of hydrogen-bond donors (Lipinski definition) is 0. The summed E-state index contributed by atoms with van der Waals surface area (Å²) in [4.78, 5) is 0. The molecule has 0 amide bonds. The van der Waals surface area contributed by atoms with E-state index in [4.69, 9.17) is 4.74 Å². The highest BCUT2D eigenvalue weighted by molar-refractivity contribution is 6.19. The van der Waals surface area contributed by atoms with Crippen molar-refractivity contribution in [2.24, 2.45) is 0 Å². The maximum atomic E-state index is 6.35. The third kappa shape index (κ3) is 3.76. The summed E-state index contributed by atoms with van der Waals surface area (Å²) in [5, 5.41) is 7.53. The van der Waals surface area contributed by atoms with E-state index in [1.165, 1.54) is 76.7 Å². The standard InChI is InChI=1S/C48H31N3O/c1-6-19-41-33(14-1)34-15-2-7-20-42(34)49(41)30-12-11-13-31(26-30)50-43-21-8-3-16-35(43)38-28-39-36-17-4-9-22-44(36)51(46(39)29-45(38)50)32-24-25-48-40(27-32)37-18-5-10-23-47(37)52-48/h1-29,40,48H. The van der Waals surface area contributed by atoms with Crippen LogP contribution < -0.4 is 4.74 Å². The van der Waals surface area contributed by atoms with Crippen LogP contribution in [0.5, 0.6) is 5.75 Å². The molecule has 0 bridgehead atoms. The minimum Gasteiger partial charge on any atom is -0.485 e. The Morgan fingerprint density at radius 3 is 1.54 bits per heavy atom. The fourth-order valence-corrected chi connectivity index (χ4v) is 9.14. The van der Waals surface area contributed by atoms with Crippen molar-refractivity contribution in [2.75, 3.05) is 0 Å². The molecule has 0 radical (unpaired) electrons. The van der Waals surface area contributed by atoms with Gasteiger partial charge in [0.25, 0.3) is 0 Å². The molecule has 2 aliphatic rings. The second-order valence-electron chi connectivity index (χ2n) is 14.1. The summed E-state index contributed by atoms with van der Waals surface area (Å²) >= 11 is 0. The van der Waals surface area contributed by atoms with Crippen LogP contribution in [-0.2, 0) is 0 Å². The minimum absolute atomic E-state index is 0.0188. The summed E-state index contributed by atoms with van der Waals surface area (Å²) in [5.74, 6) is 1.16. The van der Waals surface area contributed by atoms with Crippen LogP contribution in [0.25, 0.3) is 82.5 Å². The van der Waals surface area contributed by atoms with Crippen LogP contribution >= 0.6 is 0 Å². The number of fused-ring (bicyclic) bond motifs is 12. The van der Waals surface area contributed by atoms with Gasteiger partial charge in [-0.05, 0) is 78.9 Å². The fourth-order valence-electron chi connectivity index (χ4n) is 9.14. The van der Waals surface area contributed by atoms with E-state index in [-0.39, 0.29) is 12.0 Å². The lowest BCUT2D eigenvalue weighted by atomic mass is 9.91. The first-order valence-electron chi connectivity index (χ1n) is 18.0. The second kappa shape index (κ2) is 10.4. The monoisotopic (exact) mass is 665 g/mol. The zero-order chi connectivity index (χ0) is 33.9. The van der Waals surface area contributed by atoms with Crippen LogP contribution in [-0.4, -0.2) is 19.8 Å². The number of allylic oxidation sites excluding steroid dienone is 2. The number of nitrogens with zero attached hydrogens (tertiary/aromatic N) is 3. The molecular weight excluding hydrogens is 635 g/mol. The molecule has 244 valence electrons. The van der Waals surface area contributed by atoms with Gasteiger partial charge in [-0.25, -0.2) is 0 Å². The van der Waals surface area contributed by atoms with Crippen molar-refractivity contribution >= 4 is 71.1 Å². The first-order chi connectivity index (χ1) is 25.8. The Kier molecular flexibility index (Phi) is 5.58. The predicted octanol–water partition coefficient (Wildman–Crippen LogP) is 11.9. The number of ether oxygens (including phenoxy) is 1. The maximum absolute atomic E-state index is 6.35. The first kappa shape index (κ1) is 28.0. The molecule has 2 atom stereocenters. The highest BCUT2D eigenvalue weighted by Crippen LogP contribution is 2.45. The minimum atomic E-state index is 0.0188. The Balaban J connectivity index is 1.12. The van der Waals surface area contributed by atoms with Gasteiger partial charge in [-0.1, -0.05) is 97.1 Å². The van der Waals surface area contributed by atoms with E-state index >= 15 is 0 Å². The Bertz CT molecular complexity index is 3130. The summed E-state index contributed by atoms with van der Waals surface area (Å²) in [7, 11) is 0. The van der Waals surface area contributed by atoms with Gasteiger partial charge in [0, 0.05) is 60.9 Å². The molecule has 4 heterocycles. The van der Waals surface area contributed by atoms with Gasteiger partial charge in [-0.3, -0.25) is 0 Å². The molecule has 12 rings (SSSR count). The molecule has 0 spiro atoms. The predicted molar refractivity (Wildman–Crippen MR) is 215 cm³/mol. The molecule has 2 unspecified atom stereocenters. The molecule has 52 heavy (non-hydrogen) atoms. The van der Waals surface area contributed by atoms with Crippen molar-refractivity contribution in [2.45, 2.75) is 12.0 Å². The molecule has 0 saturated heterocycles. The Labute approximate surface area is 299 Å². The average Bonchev–Trinajstić information content (AvgIpc) is 3.93. The van der Waals surface area contributed by atoms with Gasteiger partial charge in [-0.15, -0.1) is 0 Å². The van der Waals surface area contributed by atoms with Crippen LogP contribution in [0.15, 0.2) is 176 Å². The van der Waals surface area contributed by atoms with Crippen LogP contribution in [0.2, 0.25) is 0 Å². The molecule has 10 aromatic rings. The fraction of sp³-hybridized carbons (Fsp3) is 0.0417. The summed E-state index contributed by atoms with van der Waals surface area (Å²) < 4.78 is 13.6. The molecular formula is C48H31N3O. The molecule has 1 aliphatic heterocycles. The molecule has 0 fully saturated rings. The van der Waals surface area contributed by atoms with Gasteiger partial charge in [0.1, 0.15) is 11.9 Å². The zero-order valence-corrected chi connectivity index (χ0v) is 28.1. The molecule has 3 aromatic heterocycles. The quantitative estimate of drug-likeness (QED) is 0.184. The molecule has 0 saturated carbocycles. The molecule has 4 heteroatoms. The Morgan fingerprint density at radius 1 is 0.404 bits per heavy atom. The molecule has 4 nitrogen and oxygen atoms in total. The summed E-state index contributed by atoms with van der Waals surface area (Å²) in [5.41, 5.74) is 11.9. The SMILES string of the molecule is C1=CC2Oc3ccccc3C2C=C1n1c2ccccc2c2cc3c4ccccc4n(-c4cccc(-n5c6ccccc6c6ccccc65)c4)c3cc21. The number of para-hydroxylation sites is 5. The van der Waals surface area contributed by atoms with E-state index in [0.29, 0.717) is 0 Å². The largest absolute Gasteiger partial charge is 0.485 e. The zero-order valence-electron chi connectivity index (χ0n) is 28.1. The summed E-state index contributed by atoms with van der Waals surface area (Å²) in [6.45, 7) is 0. The smallest absolute Gasteiger partial charge is 0.128 e. The lowest BCUT2D eigenvalue weighted by Gasteiger charge is -2.20. The third-order valence-electron chi connectivity index (χ3n) is 11.4. The lowest BCUT2D eigenvalue weighted by molar-refractivity contribution is 0.269. The van der Waals surface area contributed by atoms with E-state index in [0.717, 1.165) is 17.1 Å². The van der Waals surface area contributed by atoms with E-state index in [1.54, 1.807) is 0 Å². The van der Waals surface area contributed by atoms with Gasteiger partial charge in [0.05, 0.1) is 33.1 Å². The normalized spacial score (nSPS) is 16.7. The van der Waals surface area contributed by atoms with Crippen molar-refractivity contribution < 1.29 is 4.74 Å². The maximum Gasteiger partial charge on any atom is 0.128 e. The number of hydrogen-bond acceptors (Lipinski definition) is 1. The van der Waals surface area contributed by atoms with Crippen LogP contribution in [0.4, 0.5) is 0 Å². The van der Waals surface area contributed by atoms with Crippen molar-refractivity contribution in [3.05, 3.63) is 182 Å². The van der Waals surface area contributed by atoms with Crippen LogP contribution in [0.3, 0.4) is 0 Å². The molecule has 1 aliphatic carbocycles. The number of aromatic nitrogens is 3. The van der Waals surface area contributed by atoms with Gasteiger partial charge in [0.15, 0.2) is 0 Å². The van der Waals surface area contributed by atoms with Crippen molar-refractivity contribution in [1.82, 2.24) is 13.7 Å². The number of benzene rings is 7. The highest BCUT2D eigenvalue weighted by Gasteiger charge is 2.33. The average molecular weight is 666 g/mol. The van der Waals surface area contributed by atoms with E-state index in [9.17, 15) is 0 Å². The Hall–Kier alpha value is -6.78. The molecule has 7 aromatic carbocycles. The lowest BCUT2D eigenvalue weighted by Crippen LogP contribution is -2.18. The first-order valence-corrected chi connectivity index (χ1v) is 18.0. The van der Waals surface area contributed by atoms with Gasteiger partial charge in [-0.2, -0.15) is 0 Å². The highest BCUT2D eigenvalue weighted by atomic mass is 16.5. The second-order valence-corrected chi connectivity index (χ2v) is 14.1. The Morgan fingerprint density at radius 2 is 0.904 bits per heavy atom. The topological polar surface area (TPSA) is 24.0 Å². The van der Waals surface area contributed by atoms with Gasteiger partial charge < -0.3 is 18.4 Å². The van der Waals surface area contributed by atoms with E-state index < -0.39 is 0 Å².